The molecule has 5 heteroatoms. The molecule has 0 spiro atoms. The Bertz CT molecular complexity index is 703. The molecular formula is C19H24FNO3. The molecule has 1 atom stereocenters. The van der Waals surface area contributed by atoms with Gasteiger partial charge in [-0.2, -0.15) is 0 Å². The summed E-state index contributed by atoms with van der Waals surface area (Å²) in [5.74, 6) is 1.62. The number of methoxy groups -OCH3 is 3. The smallest absolute Gasteiger partial charge is 0.168 e. The highest BCUT2D eigenvalue weighted by atomic mass is 19.1. The monoisotopic (exact) mass is 333 g/mol. The van der Waals surface area contributed by atoms with Crippen molar-refractivity contribution < 1.29 is 18.6 Å². The summed E-state index contributed by atoms with van der Waals surface area (Å²) < 4.78 is 30.2. The van der Waals surface area contributed by atoms with Gasteiger partial charge in [0, 0.05) is 11.1 Å². The van der Waals surface area contributed by atoms with Gasteiger partial charge in [-0.05, 0) is 54.8 Å². The Kier molecular flexibility index (Phi) is 6.04. The molecule has 0 radical (unpaired) electrons. The summed E-state index contributed by atoms with van der Waals surface area (Å²) in [7, 11) is 4.71. The molecule has 0 aromatic heterocycles. The van der Waals surface area contributed by atoms with Gasteiger partial charge in [-0.1, -0.05) is 6.92 Å². The van der Waals surface area contributed by atoms with Crippen LogP contribution in [-0.4, -0.2) is 27.9 Å². The average molecular weight is 333 g/mol. The van der Waals surface area contributed by atoms with Crippen molar-refractivity contribution in [2.24, 2.45) is 5.73 Å². The molecule has 2 N–H and O–H groups in total. The van der Waals surface area contributed by atoms with Crippen molar-refractivity contribution in [3.05, 3.63) is 41.7 Å². The molecule has 0 aliphatic heterocycles. The summed E-state index contributed by atoms with van der Waals surface area (Å²) in [5, 5.41) is 0. The predicted octanol–water partition coefficient (Wildman–Crippen LogP) is 3.97. The lowest BCUT2D eigenvalue weighted by Gasteiger charge is -2.19. The minimum atomic E-state index is -0.341. The Hall–Kier alpha value is -2.27. The Morgan fingerprint density at radius 3 is 2.25 bits per heavy atom. The summed E-state index contributed by atoms with van der Waals surface area (Å²) in [6.45, 7) is 2.69. The number of rotatable bonds is 7. The minimum absolute atomic E-state index is 0.244. The number of hydrogen-bond donors (Lipinski definition) is 1. The second-order valence-electron chi connectivity index (χ2n) is 5.63. The largest absolute Gasteiger partial charge is 0.496 e. The van der Waals surface area contributed by atoms with Gasteiger partial charge < -0.3 is 19.9 Å². The number of halogens is 1. The first-order chi connectivity index (χ1) is 11.5. The van der Waals surface area contributed by atoms with E-state index in [1.54, 1.807) is 27.4 Å². The van der Waals surface area contributed by atoms with Crippen molar-refractivity contribution >= 4 is 0 Å². The van der Waals surface area contributed by atoms with Crippen LogP contribution in [0, 0.1) is 5.82 Å². The molecule has 0 saturated carbocycles. The van der Waals surface area contributed by atoms with Crippen LogP contribution in [-0.2, 0) is 0 Å². The molecule has 0 bridgehead atoms. The highest BCUT2D eigenvalue weighted by Crippen LogP contribution is 2.44. The van der Waals surface area contributed by atoms with Crippen LogP contribution in [0.2, 0.25) is 0 Å². The molecule has 2 aromatic rings. The van der Waals surface area contributed by atoms with Gasteiger partial charge >= 0.3 is 0 Å². The molecule has 24 heavy (non-hydrogen) atoms. The van der Waals surface area contributed by atoms with Crippen LogP contribution >= 0.6 is 0 Å². The second kappa shape index (κ2) is 8.02. The van der Waals surface area contributed by atoms with E-state index in [2.05, 4.69) is 6.92 Å². The zero-order chi connectivity index (χ0) is 17.7. The van der Waals surface area contributed by atoms with Crippen LogP contribution in [0.1, 0.15) is 24.8 Å². The summed E-state index contributed by atoms with van der Waals surface area (Å²) in [6, 6.07) is 8.33. The summed E-state index contributed by atoms with van der Waals surface area (Å²) in [4.78, 5) is 0. The molecular weight excluding hydrogens is 309 g/mol. The molecule has 0 fully saturated rings. The number of hydrogen-bond acceptors (Lipinski definition) is 4. The zero-order valence-electron chi connectivity index (χ0n) is 14.6. The Morgan fingerprint density at radius 1 is 0.958 bits per heavy atom. The third-order valence-electron chi connectivity index (χ3n) is 4.12. The van der Waals surface area contributed by atoms with Crippen molar-refractivity contribution in [3.8, 4) is 28.4 Å². The fraction of sp³-hybridized carbons (Fsp3) is 0.368. The van der Waals surface area contributed by atoms with Gasteiger partial charge in [-0.25, -0.2) is 4.39 Å². The Balaban J connectivity index is 2.71. The van der Waals surface area contributed by atoms with Crippen molar-refractivity contribution in [1.82, 2.24) is 0 Å². The summed E-state index contributed by atoms with van der Waals surface area (Å²) in [6.07, 6.45) is 0.842. The van der Waals surface area contributed by atoms with Gasteiger partial charge in [0.2, 0.25) is 0 Å². The van der Waals surface area contributed by atoms with Crippen LogP contribution in [0.4, 0.5) is 4.39 Å². The van der Waals surface area contributed by atoms with E-state index in [4.69, 9.17) is 19.9 Å². The van der Waals surface area contributed by atoms with E-state index in [0.29, 0.717) is 29.4 Å². The molecule has 1 unspecified atom stereocenters. The van der Waals surface area contributed by atoms with Gasteiger partial charge in [0.15, 0.2) is 11.5 Å². The Morgan fingerprint density at radius 2 is 1.67 bits per heavy atom. The van der Waals surface area contributed by atoms with E-state index in [-0.39, 0.29) is 11.7 Å². The van der Waals surface area contributed by atoms with Crippen LogP contribution in [0.3, 0.4) is 0 Å². The predicted molar refractivity (Wildman–Crippen MR) is 93.6 cm³/mol. The van der Waals surface area contributed by atoms with Crippen molar-refractivity contribution in [2.75, 3.05) is 27.9 Å². The third kappa shape index (κ3) is 3.62. The fourth-order valence-corrected chi connectivity index (χ4v) is 2.78. The maximum Gasteiger partial charge on any atom is 0.168 e. The molecule has 0 aliphatic carbocycles. The highest BCUT2D eigenvalue weighted by Gasteiger charge is 2.19. The van der Waals surface area contributed by atoms with E-state index in [9.17, 15) is 4.39 Å². The first-order valence-electron chi connectivity index (χ1n) is 7.85. The summed E-state index contributed by atoms with van der Waals surface area (Å²) >= 11 is 0. The second-order valence-corrected chi connectivity index (χ2v) is 5.63. The maximum atomic E-state index is 13.8. The maximum absolute atomic E-state index is 13.8. The first-order valence-corrected chi connectivity index (χ1v) is 7.85. The number of ether oxygens (including phenoxy) is 3. The molecule has 0 amide bonds. The van der Waals surface area contributed by atoms with Gasteiger partial charge in [-0.3, -0.25) is 0 Å². The minimum Gasteiger partial charge on any atom is -0.496 e. The lowest BCUT2D eigenvalue weighted by Crippen LogP contribution is -2.06. The first kappa shape index (κ1) is 18.1. The van der Waals surface area contributed by atoms with Crippen LogP contribution in [0.15, 0.2) is 30.3 Å². The van der Waals surface area contributed by atoms with Gasteiger partial charge in [0.25, 0.3) is 0 Å². The van der Waals surface area contributed by atoms with Gasteiger partial charge in [0.05, 0.1) is 21.3 Å². The van der Waals surface area contributed by atoms with E-state index in [0.717, 1.165) is 17.5 Å². The lowest BCUT2D eigenvalue weighted by molar-refractivity contribution is 0.355. The zero-order valence-corrected chi connectivity index (χ0v) is 14.6. The van der Waals surface area contributed by atoms with E-state index >= 15 is 0 Å². The van der Waals surface area contributed by atoms with E-state index in [1.165, 1.54) is 12.1 Å². The fourth-order valence-electron chi connectivity index (χ4n) is 2.78. The topological polar surface area (TPSA) is 53.7 Å². The van der Waals surface area contributed by atoms with E-state index < -0.39 is 0 Å². The van der Waals surface area contributed by atoms with Crippen molar-refractivity contribution in [1.29, 1.82) is 0 Å². The molecule has 0 saturated heterocycles. The molecule has 0 heterocycles. The molecule has 2 rings (SSSR count). The number of nitrogens with two attached hydrogens (primary N) is 1. The quantitative estimate of drug-likeness (QED) is 0.833. The van der Waals surface area contributed by atoms with Gasteiger partial charge in [0.1, 0.15) is 11.6 Å². The van der Waals surface area contributed by atoms with Crippen LogP contribution in [0.25, 0.3) is 11.1 Å². The van der Waals surface area contributed by atoms with Crippen molar-refractivity contribution in [3.63, 3.8) is 0 Å². The van der Waals surface area contributed by atoms with Crippen LogP contribution < -0.4 is 19.9 Å². The standard InChI is InChI=1S/C19H24FNO3/c1-12(7-8-21)13-9-16(19(24-4)18(10-13)23-3)15-11-14(20)5-6-17(15)22-2/h5-6,9-12H,7-8,21H2,1-4H3. The Labute approximate surface area is 142 Å². The average Bonchev–Trinajstić information content (AvgIpc) is 2.60. The molecule has 0 aliphatic rings. The van der Waals surface area contributed by atoms with E-state index in [1.807, 2.05) is 12.1 Å². The SMILES string of the molecule is COc1ccc(F)cc1-c1cc(C(C)CCN)cc(OC)c1OC. The normalized spacial score (nSPS) is 11.9. The van der Waals surface area contributed by atoms with Gasteiger partial charge in [-0.15, -0.1) is 0 Å². The molecule has 4 nitrogen and oxygen atoms in total. The lowest BCUT2D eigenvalue weighted by atomic mass is 9.92. The molecule has 130 valence electrons. The summed E-state index contributed by atoms with van der Waals surface area (Å²) in [5.41, 5.74) is 8.09. The highest BCUT2D eigenvalue weighted by molar-refractivity contribution is 5.79. The van der Waals surface area contributed by atoms with Crippen molar-refractivity contribution in [2.45, 2.75) is 19.3 Å². The molecule has 2 aromatic carbocycles. The number of benzene rings is 2. The van der Waals surface area contributed by atoms with Crippen LogP contribution in [0.5, 0.6) is 17.2 Å². The third-order valence-corrected chi connectivity index (χ3v) is 4.12.